The largest absolute Gasteiger partial charge is 0.409 e. The molecule has 0 atom stereocenters. The summed E-state index contributed by atoms with van der Waals surface area (Å²) in [5, 5.41) is 11.8. The molecule has 0 amide bonds. The first kappa shape index (κ1) is 17.7. The molecule has 21 heavy (non-hydrogen) atoms. The van der Waals surface area contributed by atoms with E-state index >= 15 is 0 Å². The van der Waals surface area contributed by atoms with Crippen molar-refractivity contribution >= 4 is 27.5 Å². The van der Waals surface area contributed by atoms with Gasteiger partial charge in [-0.05, 0) is 40.5 Å². The van der Waals surface area contributed by atoms with Gasteiger partial charge in [-0.2, -0.15) is 0 Å². The highest BCUT2D eigenvalue weighted by Gasteiger charge is 2.11. The van der Waals surface area contributed by atoms with Gasteiger partial charge in [0.2, 0.25) is 0 Å². The highest BCUT2D eigenvalue weighted by Crippen LogP contribution is 2.24. The summed E-state index contributed by atoms with van der Waals surface area (Å²) < 4.78 is 11.0. The lowest BCUT2D eigenvalue weighted by atomic mass is 10.1. The van der Waals surface area contributed by atoms with E-state index in [0.717, 1.165) is 29.7 Å². The van der Waals surface area contributed by atoms with Crippen molar-refractivity contribution in [1.82, 2.24) is 0 Å². The van der Waals surface area contributed by atoms with Gasteiger partial charge in [0.25, 0.3) is 0 Å². The number of rotatable bonds is 9. The van der Waals surface area contributed by atoms with Crippen molar-refractivity contribution in [2.24, 2.45) is 10.9 Å². The number of hydrogen-bond donors (Lipinski definition) is 2. The quantitative estimate of drug-likeness (QED) is 0.232. The van der Waals surface area contributed by atoms with Crippen LogP contribution in [0.2, 0.25) is 0 Å². The highest BCUT2D eigenvalue weighted by molar-refractivity contribution is 9.10. The van der Waals surface area contributed by atoms with Crippen LogP contribution in [0, 0.1) is 0 Å². The van der Waals surface area contributed by atoms with Crippen LogP contribution >= 0.6 is 15.9 Å². The van der Waals surface area contributed by atoms with E-state index in [4.69, 9.17) is 20.4 Å². The van der Waals surface area contributed by atoms with E-state index in [9.17, 15) is 0 Å². The monoisotopic (exact) mass is 359 g/mol. The van der Waals surface area contributed by atoms with Crippen molar-refractivity contribution in [2.75, 3.05) is 45.4 Å². The zero-order valence-corrected chi connectivity index (χ0v) is 14.0. The smallest absolute Gasteiger partial charge is 0.171 e. The van der Waals surface area contributed by atoms with E-state index in [1.807, 2.05) is 18.2 Å². The summed E-state index contributed by atoms with van der Waals surface area (Å²) in [4.78, 5) is 2.21. The number of methoxy groups -OCH3 is 2. The van der Waals surface area contributed by atoms with Crippen LogP contribution in [-0.4, -0.2) is 51.6 Å². The number of nitrogens with two attached hydrogens (primary N) is 1. The molecule has 1 aromatic carbocycles. The lowest BCUT2D eigenvalue weighted by Gasteiger charge is -2.25. The Morgan fingerprint density at radius 1 is 1.29 bits per heavy atom. The number of ether oxygens (including phenoxy) is 2. The summed E-state index contributed by atoms with van der Waals surface area (Å²) >= 11 is 3.45. The first-order chi connectivity index (χ1) is 10.1. The topological polar surface area (TPSA) is 80.3 Å². The van der Waals surface area contributed by atoms with Crippen LogP contribution in [0.3, 0.4) is 0 Å². The molecule has 0 heterocycles. The third-order valence-corrected chi connectivity index (χ3v) is 3.70. The molecule has 0 bridgehead atoms. The van der Waals surface area contributed by atoms with Crippen LogP contribution in [-0.2, 0) is 9.47 Å². The Kier molecular flexibility index (Phi) is 8.11. The minimum Gasteiger partial charge on any atom is -0.409 e. The van der Waals surface area contributed by atoms with Gasteiger partial charge >= 0.3 is 0 Å². The molecule has 0 saturated carbocycles. The summed E-state index contributed by atoms with van der Waals surface area (Å²) in [5.74, 6) is 0.0799. The van der Waals surface area contributed by atoms with Crippen LogP contribution in [0.5, 0.6) is 0 Å². The molecule has 0 unspecified atom stereocenters. The minimum absolute atomic E-state index is 0.0799. The van der Waals surface area contributed by atoms with E-state index in [-0.39, 0.29) is 5.84 Å². The van der Waals surface area contributed by atoms with E-state index in [1.165, 1.54) is 0 Å². The van der Waals surface area contributed by atoms with Crippen molar-refractivity contribution in [3.05, 3.63) is 28.2 Å². The first-order valence-corrected chi connectivity index (χ1v) is 7.43. The molecule has 6 nitrogen and oxygen atoms in total. The van der Waals surface area contributed by atoms with E-state index < -0.39 is 0 Å². The third-order valence-electron chi connectivity index (χ3n) is 3.04. The summed E-state index contributed by atoms with van der Waals surface area (Å²) in [6, 6.07) is 5.72. The van der Waals surface area contributed by atoms with Crippen LogP contribution in [0.15, 0.2) is 27.8 Å². The molecule has 118 valence electrons. The maximum absolute atomic E-state index is 8.75. The Bertz CT molecular complexity index is 469. The minimum atomic E-state index is 0.0799. The normalized spacial score (nSPS) is 11.7. The standard InChI is InChI=1S/C14H22BrN3O3/c1-20-8-3-6-18(7-9-21-2)11-4-5-12(13(15)10-11)14(16)17-19/h4-5,10,19H,3,6-9H2,1-2H3,(H2,16,17). The second kappa shape index (κ2) is 9.59. The summed E-state index contributed by atoms with van der Waals surface area (Å²) in [6.45, 7) is 3.02. The molecule has 0 aliphatic heterocycles. The average Bonchev–Trinajstić information content (AvgIpc) is 2.50. The van der Waals surface area contributed by atoms with Crippen molar-refractivity contribution < 1.29 is 14.7 Å². The van der Waals surface area contributed by atoms with Crippen molar-refractivity contribution in [2.45, 2.75) is 6.42 Å². The molecule has 0 radical (unpaired) electrons. The molecule has 0 spiro atoms. The van der Waals surface area contributed by atoms with Crippen molar-refractivity contribution in [3.8, 4) is 0 Å². The van der Waals surface area contributed by atoms with Gasteiger partial charge < -0.3 is 25.3 Å². The van der Waals surface area contributed by atoms with Crippen molar-refractivity contribution in [3.63, 3.8) is 0 Å². The van der Waals surface area contributed by atoms with Gasteiger partial charge in [0.1, 0.15) is 0 Å². The molecule has 0 saturated heterocycles. The average molecular weight is 360 g/mol. The van der Waals surface area contributed by atoms with Crippen LogP contribution in [0.25, 0.3) is 0 Å². The molecule has 3 N–H and O–H groups in total. The predicted molar refractivity (Wildman–Crippen MR) is 87.2 cm³/mol. The second-order valence-corrected chi connectivity index (χ2v) is 5.33. The first-order valence-electron chi connectivity index (χ1n) is 6.64. The summed E-state index contributed by atoms with van der Waals surface area (Å²) in [5.41, 5.74) is 7.32. The zero-order valence-electron chi connectivity index (χ0n) is 12.4. The number of hydrogen-bond acceptors (Lipinski definition) is 5. The Balaban J connectivity index is 2.88. The van der Waals surface area contributed by atoms with Gasteiger partial charge in [0.05, 0.1) is 6.61 Å². The molecular formula is C14H22BrN3O3. The Hall–Kier alpha value is -1.31. The molecule has 0 aliphatic rings. The molecule has 0 fully saturated rings. The molecule has 0 aromatic heterocycles. The SMILES string of the molecule is COCCCN(CCOC)c1ccc(/C(N)=N/O)c(Br)c1. The number of anilines is 1. The van der Waals surface area contributed by atoms with Gasteiger partial charge in [-0.1, -0.05) is 5.16 Å². The van der Waals surface area contributed by atoms with Gasteiger partial charge in [-0.25, -0.2) is 0 Å². The third kappa shape index (κ3) is 5.53. The fraction of sp³-hybridized carbons (Fsp3) is 0.500. The molecular weight excluding hydrogens is 338 g/mol. The van der Waals surface area contributed by atoms with Gasteiger partial charge in [-0.15, -0.1) is 0 Å². The van der Waals surface area contributed by atoms with Gasteiger partial charge in [-0.3, -0.25) is 0 Å². The lowest BCUT2D eigenvalue weighted by Crippen LogP contribution is -2.29. The number of halogens is 1. The lowest BCUT2D eigenvalue weighted by molar-refractivity contribution is 0.191. The molecule has 7 heteroatoms. The van der Waals surface area contributed by atoms with Crippen LogP contribution < -0.4 is 10.6 Å². The van der Waals surface area contributed by atoms with E-state index in [0.29, 0.717) is 18.8 Å². The fourth-order valence-electron chi connectivity index (χ4n) is 1.93. The number of amidine groups is 1. The van der Waals surface area contributed by atoms with Gasteiger partial charge in [0, 0.05) is 49.6 Å². The zero-order chi connectivity index (χ0) is 15.7. The maximum atomic E-state index is 8.75. The maximum Gasteiger partial charge on any atom is 0.171 e. The summed E-state index contributed by atoms with van der Waals surface area (Å²) in [7, 11) is 3.38. The van der Waals surface area contributed by atoms with Crippen LogP contribution in [0.1, 0.15) is 12.0 Å². The number of nitrogens with zero attached hydrogens (tertiary/aromatic N) is 2. The Morgan fingerprint density at radius 2 is 2.00 bits per heavy atom. The number of benzene rings is 1. The van der Waals surface area contributed by atoms with Crippen molar-refractivity contribution in [1.29, 1.82) is 0 Å². The number of oxime groups is 1. The molecule has 1 aromatic rings. The Morgan fingerprint density at radius 3 is 2.57 bits per heavy atom. The van der Waals surface area contributed by atoms with E-state index in [2.05, 4.69) is 26.0 Å². The molecule has 0 aliphatic carbocycles. The molecule has 1 rings (SSSR count). The predicted octanol–water partition coefficient (Wildman–Crippen LogP) is 2.03. The van der Waals surface area contributed by atoms with Gasteiger partial charge in [0.15, 0.2) is 5.84 Å². The Labute approximate surface area is 133 Å². The van der Waals surface area contributed by atoms with Crippen LogP contribution in [0.4, 0.5) is 5.69 Å². The van der Waals surface area contributed by atoms with E-state index in [1.54, 1.807) is 14.2 Å². The highest BCUT2D eigenvalue weighted by atomic mass is 79.9. The fourth-order valence-corrected chi connectivity index (χ4v) is 2.50. The summed E-state index contributed by atoms with van der Waals surface area (Å²) in [6.07, 6.45) is 0.930. The second-order valence-electron chi connectivity index (χ2n) is 4.48.